The predicted octanol–water partition coefficient (Wildman–Crippen LogP) is 4.50. The number of hydrogen-bond acceptors (Lipinski definition) is 1. The maximum atomic E-state index is 14.1. The molecule has 2 rings (SSSR count). The van der Waals surface area contributed by atoms with E-state index in [0.29, 0.717) is 11.1 Å². The first-order chi connectivity index (χ1) is 9.88. The Morgan fingerprint density at radius 2 is 1.52 bits per heavy atom. The Balaban J connectivity index is 2.50. The van der Waals surface area contributed by atoms with E-state index >= 15 is 0 Å². The van der Waals surface area contributed by atoms with Crippen molar-refractivity contribution in [1.82, 2.24) is 5.32 Å². The van der Waals surface area contributed by atoms with Crippen molar-refractivity contribution in [3.8, 4) is 0 Å². The largest absolute Gasteiger partial charge is 0.304 e. The SMILES string of the molecule is Cc1cc(C(NC(C)C)c2ccc(F)cc2)c(F)cc1F. The van der Waals surface area contributed by atoms with Crippen LogP contribution in [0.25, 0.3) is 0 Å². The molecule has 112 valence electrons. The molecule has 0 spiro atoms. The summed E-state index contributed by atoms with van der Waals surface area (Å²) in [6.45, 7) is 5.46. The number of benzene rings is 2. The van der Waals surface area contributed by atoms with Crippen LogP contribution < -0.4 is 5.32 Å². The third-order valence-electron chi connectivity index (χ3n) is 3.29. The lowest BCUT2D eigenvalue weighted by molar-refractivity contribution is 0.496. The van der Waals surface area contributed by atoms with Crippen molar-refractivity contribution in [2.45, 2.75) is 32.9 Å². The van der Waals surface area contributed by atoms with Crippen LogP contribution in [-0.4, -0.2) is 6.04 Å². The zero-order valence-electron chi connectivity index (χ0n) is 12.3. The second-order valence-electron chi connectivity index (χ2n) is 5.43. The Labute approximate surface area is 122 Å². The fourth-order valence-electron chi connectivity index (χ4n) is 2.25. The van der Waals surface area contributed by atoms with E-state index in [9.17, 15) is 13.2 Å². The zero-order valence-corrected chi connectivity index (χ0v) is 12.3. The first-order valence-corrected chi connectivity index (χ1v) is 6.85. The molecule has 0 radical (unpaired) electrons. The van der Waals surface area contributed by atoms with Crippen molar-refractivity contribution < 1.29 is 13.2 Å². The van der Waals surface area contributed by atoms with Crippen LogP contribution in [0.5, 0.6) is 0 Å². The lowest BCUT2D eigenvalue weighted by atomic mass is 9.96. The summed E-state index contributed by atoms with van der Waals surface area (Å²) in [5.74, 6) is -1.53. The van der Waals surface area contributed by atoms with Gasteiger partial charge in [-0.2, -0.15) is 0 Å². The van der Waals surface area contributed by atoms with Crippen LogP contribution in [0.1, 0.15) is 36.6 Å². The van der Waals surface area contributed by atoms with Gasteiger partial charge in [-0.15, -0.1) is 0 Å². The molecule has 1 unspecified atom stereocenters. The minimum Gasteiger partial charge on any atom is -0.304 e. The monoisotopic (exact) mass is 293 g/mol. The number of rotatable bonds is 4. The normalized spacial score (nSPS) is 12.7. The summed E-state index contributed by atoms with van der Waals surface area (Å²) in [6.07, 6.45) is 0. The van der Waals surface area contributed by atoms with E-state index in [1.54, 1.807) is 19.1 Å². The minimum atomic E-state index is -0.611. The quantitative estimate of drug-likeness (QED) is 0.875. The van der Waals surface area contributed by atoms with Gasteiger partial charge in [-0.1, -0.05) is 12.1 Å². The molecule has 0 aliphatic carbocycles. The number of halogens is 3. The van der Waals surface area contributed by atoms with Crippen molar-refractivity contribution in [3.63, 3.8) is 0 Å². The molecule has 0 aliphatic heterocycles. The molecule has 2 aromatic rings. The van der Waals surface area contributed by atoms with E-state index < -0.39 is 17.7 Å². The molecule has 2 aromatic carbocycles. The van der Waals surface area contributed by atoms with Crippen LogP contribution in [0.4, 0.5) is 13.2 Å². The van der Waals surface area contributed by atoms with Gasteiger partial charge < -0.3 is 5.32 Å². The molecule has 0 bridgehead atoms. The highest BCUT2D eigenvalue weighted by molar-refractivity contribution is 5.36. The van der Waals surface area contributed by atoms with Gasteiger partial charge in [0.15, 0.2) is 0 Å². The number of aryl methyl sites for hydroxylation is 1. The van der Waals surface area contributed by atoms with Crippen LogP contribution in [0.15, 0.2) is 36.4 Å². The summed E-state index contributed by atoms with van der Waals surface area (Å²) in [6, 6.07) is 7.89. The Morgan fingerprint density at radius 1 is 0.905 bits per heavy atom. The van der Waals surface area contributed by atoms with Gasteiger partial charge in [-0.05, 0) is 50.1 Å². The summed E-state index contributed by atoms with van der Waals surface area (Å²) in [5, 5.41) is 3.23. The van der Waals surface area contributed by atoms with Gasteiger partial charge >= 0.3 is 0 Å². The van der Waals surface area contributed by atoms with Gasteiger partial charge in [0.05, 0.1) is 6.04 Å². The Hall–Kier alpha value is -1.81. The fourth-order valence-corrected chi connectivity index (χ4v) is 2.25. The maximum Gasteiger partial charge on any atom is 0.131 e. The first-order valence-electron chi connectivity index (χ1n) is 6.85. The van der Waals surface area contributed by atoms with Gasteiger partial charge in [0.2, 0.25) is 0 Å². The third-order valence-corrected chi connectivity index (χ3v) is 3.29. The smallest absolute Gasteiger partial charge is 0.131 e. The molecule has 1 atom stereocenters. The van der Waals surface area contributed by atoms with Gasteiger partial charge in [-0.25, -0.2) is 13.2 Å². The van der Waals surface area contributed by atoms with Crippen LogP contribution in [0, 0.1) is 24.4 Å². The Bertz CT molecular complexity index is 621. The molecule has 0 aliphatic rings. The molecule has 21 heavy (non-hydrogen) atoms. The molecular weight excluding hydrogens is 275 g/mol. The minimum absolute atomic E-state index is 0.0878. The summed E-state index contributed by atoms with van der Waals surface area (Å²) in [5.41, 5.74) is 1.47. The van der Waals surface area contributed by atoms with E-state index in [1.807, 2.05) is 13.8 Å². The fraction of sp³-hybridized carbons (Fsp3) is 0.294. The number of nitrogens with one attached hydrogen (secondary N) is 1. The highest BCUT2D eigenvalue weighted by atomic mass is 19.1. The highest BCUT2D eigenvalue weighted by Gasteiger charge is 2.20. The summed E-state index contributed by atoms with van der Waals surface area (Å²) in [4.78, 5) is 0. The topological polar surface area (TPSA) is 12.0 Å². The van der Waals surface area contributed by atoms with Gasteiger partial charge in [0.1, 0.15) is 17.5 Å². The van der Waals surface area contributed by atoms with Crippen molar-refractivity contribution in [1.29, 1.82) is 0 Å². The van der Waals surface area contributed by atoms with Gasteiger partial charge in [0.25, 0.3) is 0 Å². The molecule has 0 aromatic heterocycles. The first kappa shape index (κ1) is 15.6. The molecule has 0 amide bonds. The van der Waals surface area contributed by atoms with Crippen LogP contribution in [0.3, 0.4) is 0 Å². The van der Waals surface area contributed by atoms with E-state index in [0.717, 1.165) is 11.6 Å². The molecule has 1 N–H and O–H groups in total. The van der Waals surface area contributed by atoms with Crippen LogP contribution >= 0.6 is 0 Å². The van der Waals surface area contributed by atoms with Crippen molar-refractivity contribution in [3.05, 3.63) is 70.5 Å². The average molecular weight is 293 g/mol. The highest BCUT2D eigenvalue weighted by Crippen LogP contribution is 2.27. The maximum absolute atomic E-state index is 14.1. The molecule has 0 fully saturated rings. The Kier molecular flexibility index (Phi) is 4.68. The van der Waals surface area contributed by atoms with E-state index in [4.69, 9.17) is 0 Å². The zero-order chi connectivity index (χ0) is 15.6. The molecular formula is C17H18F3N. The Morgan fingerprint density at radius 3 is 2.10 bits per heavy atom. The molecule has 1 nitrogen and oxygen atoms in total. The summed E-state index contributed by atoms with van der Waals surface area (Å²) >= 11 is 0. The van der Waals surface area contributed by atoms with Crippen molar-refractivity contribution in [2.24, 2.45) is 0 Å². The van der Waals surface area contributed by atoms with Crippen LogP contribution in [0.2, 0.25) is 0 Å². The lowest BCUT2D eigenvalue weighted by Gasteiger charge is -2.23. The van der Waals surface area contributed by atoms with Crippen LogP contribution in [-0.2, 0) is 0 Å². The van der Waals surface area contributed by atoms with E-state index in [2.05, 4.69) is 5.32 Å². The van der Waals surface area contributed by atoms with Crippen molar-refractivity contribution in [2.75, 3.05) is 0 Å². The summed E-state index contributed by atoms with van der Waals surface area (Å²) < 4.78 is 40.6. The standard InChI is InChI=1S/C17H18F3N/c1-10(2)21-17(12-4-6-13(18)7-5-12)14-8-11(3)15(19)9-16(14)20/h4-10,17,21H,1-3H3. The molecule has 0 heterocycles. The van der Waals surface area contributed by atoms with Gasteiger partial charge in [0, 0.05) is 17.7 Å². The summed E-state index contributed by atoms with van der Waals surface area (Å²) in [7, 11) is 0. The molecule has 0 saturated carbocycles. The lowest BCUT2D eigenvalue weighted by Crippen LogP contribution is -2.29. The second kappa shape index (κ2) is 6.31. The van der Waals surface area contributed by atoms with Crippen molar-refractivity contribution >= 4 is 0 Å². The third kappa shape index (κ3) is 3.64. The average Bonchev–Trinajstić information content (AvgIpc) is 2.41. The molecule has 4 heteroatoms. The second-order valence-corrected chi connectivity index (χ2v) is 5.43. The van der Waals surface area contributed by atoms with Gasteiger partial charge in [-0.3, -0.25) is 0 Å². The van der Waals surface area contributed by atoms with E-state index in [-0.39, 0.29) is 11.9 Å². The predicted molar refractivity (Wildman–Crippen MR) is 77.6 cm³/mol. The number of hydrogen-bond donors (Lipinski definition) is 1. The van der Waals surface area contributed by atoms with E-state index in [1.165, 1.54) is 18.2 Å². The molecule has 0 saturated heterocycles.